The molecular weight excluding hydrogens is 595 g/mol. The fraction of sp³-hybridized carbons (Fsp3) is 0.0789. The topological polar surface area (TPSA) is 89.6 Å². The molecule has 0 unspecified atom stereocenters. The lowest BCUT2D eigenvalue weighted by molar-refractivity contribution is 0.482. The standard InChI is InChI=1S/C38H33N3O4S/c42-46(43,38-13-7-8-31-28-40-25-23-37(31)38)41-27-26-39-24-22-36(29-14-18-34(19-15-29)44-32-9-3-1-4-10-32)30-16-20-35(21-17-30)45-33-11-5-2-6-12-33/h1-23,25,28,39,41H,24,26-27H2. The first-order valence-corrected chi connectivity index (χ1v) is 16.4. The molecule has 0 radical (unpaired) electrons. The normalized spacial score (nSPS) is 11.2. The molecule has 0 aliphatic carbocycles. The second kappa shape index (κ2) is 14.7. The minimum atomic E-state index is -3.69. The van der Waals surface area contributed by atoms with Crippen LogP contribution in [0.15, 0.2) is 157 Å². The van der Waals surface area contributed by atoms with Gasteiger partial charge in [-0.15, -0.1) is 0 Å². The molecule has 6 rings (SSSR count). The van der Waals surface area contributed by atoms with Crippen molar-refractivity contribution in [3.8, 4) is 23.0 Å². The molecule has 0 atom stereocenters. The van der Waals surface area contributed by atoms with Gasteiger partial charge in [0.05, 0.1) is 4.90 Å². The van der Waals surface area contributed by atoms with Crippen LogP contribution in [-0.2, 0) is 10.0 Å². The van der Waals surface area contributed by atoms with Gasteiger partial charge in [0.2, 0.25) is 10.0 Å². The van der Waals surface area contributed by atoms with E-state index >= 15 is 0 Å². The largest absolute Gasteiger partial charge is 0.457 e. The van der Waals surface area contributed by atoms with Crippen LogP contribution in [0.5, 0.6) is 23.0 Å². The van der Waals surface area contributed by atoms with Gasteiger partial charge in [-0.1, -0.05) is 78.9 Å². The third-order valence-corrected chi connectivity index (χ3v) is 8.78. The lowest BCUT2D eigenvalue weighted by atomic mass is 9.97. The van der Waals surface area contributed by atoms with Gasteiger partial charge in [-0.25, -0.2) is 13.1 Å². The number of fused-ring (bicyclic) bond motifs is 1. The summed E-state index contributed by atoms with van der Waals surface area (Å²) in [6, 6.07) is 42.2. The summed E-state index contributed by atoms with van der Waals surface area (Å²) in [5.74, 6) is 3.04. The fourth-order valence-corrected chi connectivity index (χ4v) is 6.27. The van der Waals surface area contributed by atoms with Crippen LogP contribution in [0.25, 0.3) is 16.3 Å². The molecule has 230 valence electrons. The molecule has 0 aliphatic rings. The van der Waals surface area contributed by atoms with Gasteiger partial charge in [0.1, 0.15) is 23.0 Å². The lowest BCUT2D eigenvalue weighted by Crippen LogP contribution is -2.32. The minimum Gasteiger partial charge on any atom is -0.457 e. The number of ether oxygens (including phenoxy) is 2. The van der Waals surface area contributed by atoms with Gasteiger partial charge in [-0.05, 0) is 77.4 Å². The first-order chi connectivity index (χ1) is 22.5. The van der Waals surface area contributed by atoms with E-state index in [1.807, 2.05) is 115 Å². The van der Waals surface area contributed by atoms with E-state index in [-0.39, 0.29) is 11.4 Å². The zero-order chi connectivity index (χ0) is 31.6. The zero-order valence-electron chi connectivity index (χ0n) is 25.0. The summed E-state index contributed by atoms with van der Waals surface area (Å²) >= 11 is 0. The maximum atomic E-state index is 13.1. The molecule has 0 saturated heterocycles. The van der Waals surface area contributed by atoms with Gasteiger partial charge in [-0.2, -0.15) is 0 Å². The number of nitrogens with zero attached hydrogens (tertiary/aromatic N) is 1. The van der Waals surface area contributed by atoms with Crippen LogP contribution in [0.2, 0.25) is 0 Å². The van der Waals surface area contributed by atoms with Crippen molar-refractivity contribution in [2.45, 2.75) is 4.90 Å². The summed E-state index contributed by atoms with van der Waals surface area (Å²) in [7, 11) is -3.69. The second-order valence-electron chi connectivity index (χ2n) is 10.5. The molecular formula is C38H33N3O4S. The third-order valence-electron chi connectivity index (χ3n) is 7.26. The number of aromatic nitrogens is 1. The maximum Gasteiger partial charge on any atom is 0.241 e. The van der Waals surface area contributed by atoms with Crippen molar-refractivity contribution >= 4 is 26.4 Å². The second-order valence-corrected chi connectivity index (χ2v) is 12.2. The quantitative estimate of drug-likeness (QED) is 0.127. The van der Waals surface area contributed by atoms with Crippen molar-refractivity contribution < 1.29 is 17.9 Å². The van der Waals surface area contributed by atoms with E-state index in [9.17, 15) is 8.42 Å². The molecule has 0 amide bonds. The summed E-state index contributed by atoms with van der Waals surface area (Å²) < 4.78 is 40.8. The van der Waals surface area contributed by atoms with Gasteiger partial charge >= 0.3 is 0 Å². The van der Waals surface area contributed by atoms with Gasteiger partial charge in [-0.3, -0.25) is 4.98 Å². The summed E-state index contributed by atoms with van der Waals surface area (Å²) in [6.45, 7) is 1.22. The van der Waals surface area contributed by atoms with Crippen molar-refractivity contribution in [2.75, 3.05) is 19.6 Å². The Morgan fingerprint density at radius 1 is 0.630 bits per heavy atom. The Bertz CT molecular complexity index is 1920. The van der Waals surface area contributed by atoms with Crippen LogP contribution in [0, 0.1) is 0 Å². The van der Waals surface area contributed by atoms with Crippen molar-refractivity contribution in [1.82, 2.24) is 15.0 Å². The average Bonchev–Trinajstić information content (AvgIpc) is 3.09. The third kappa shape index (κ3) is 7.86. The molecule has 7 nitrogen and oxygen atoms in total. The molecule has 0 fully saturated rings. The SMILES string of the molecule is O=S(=O)(NCCNCC=C(c1ccc(Oc2ccccc2)cc1)c1ccc(Oc2ccccc2)cc1)c1cccc2cnccc12. The van der Waals surface area contributed by atoms with Crippen LogP contribution in [0.1, 0.15) is 11.1 Å². The van der Waals surface area contributed by atoms with Gasteiger partial charge < -0.3 is 14.8 Å². The number of hydrogen-bond acceptors (Lipinski definition) is 6. The van der Waals surface area contributed by atoms with Crippen LogP contribution >= 0.6 is 0 Å². The van der Waals surface area contributed by atoms with E-state index in [0.29, 0.717) is 18.5 Å². The Morgan fingerprint density at radius 2 is 1.20 bits per heavy atom. The van der Waals surface area contributed by atoms with Gasteiger partial charge in [0, 0.05) is 42.8 Å². The molecule has 6 aromatic rings. The van der Waals surface area contributed by atoms with E-state index in [2.05, 4.69) is 21.1 Å². The number of para-hydroxylation sites is 2. The number of benzene rings is 5. The number of nitrogens with one attached hydrogen (secondary N) is 2. The summed E-state index contributed by atoms with van der Waals surface area (Å²) in [6.07, 6.45) is 5.36. The average molecular weight is 628 g/mol. The molecule has 8 heteroatoms. The monoisotopic (exact) mass is 627 g/mol. The van der Waals surface area contributed by atoms with Crippen molar-refractivity contribution in [1.29, 1.82) is 0 Å². The molecule has 2 N–H and O–H groups in total. The number of pyridine rings is 1. The first-order valence-electron chi connectivity index (χ1n) is 15.0. The van der Waals surface area contributed by atoms with Crippen molar-refractivity contribution in [2.24, 2.45) is 0 Å². The van der Waals surface area contributed by atoms with E-state index in [1.165, 1.54) is 0 Å². The molecule has 0 saturated carbocycles. The predicted molar refractivity (Wildman–Crippen MR) is 183 cm³/mol. The van der Waals surface area contributed by atoms with Gasteiger partial charge in [0.15, 0.2) is 0 Å². The summed E-state index contributed by atoms with van der Waals surface area (Å²) in [5.41, 5.74) is 3.06. The molecule has 1 aromatic heterocycles. The van der Waals surface area contributed by atoms with Crippen LogP contribution in [-0.4, -0.2) is 33.0 Å². The Labute approximate surface area is 269 Å². The Balaban J connectivity index is 1.14. The van der Waals surface area contributed by atoms with E-state index < -0.39 is 10.0 Å². The van der Waals surface area contributed by atoms with Crippen molar-refractivity contribution in [3.05, 3.63) is 163 Å². The Morgan fingerprint density at radius 3 is 1.78 bits per heavy atom. The van der Waals surface area contributed by atoms with Gasteiger partial charge in [0.25, 0.3) is 0 Å². The van der Waals surface area contributed by atoms with Crippen LogP contribution < -0.4 is 19.5 Å². The molecule has 1 heterocycles. The van der Waals surface area contributed by atoms with E-state index in [1.54, 1.807) is 30.6 Å². The highest BCUT2D eigenvalue weighted by atomic mass is 32.2. The predicted octanol–water partition coefficient (Wildman–Crippen LogP) is 7.82. The smallest absolute Gasteiger partial charge is 0.241 e. The number of sulfonamides is 1. The maximum absolute atomic E-state index is 13.1. The lowest BCUT2D eigenvalue weighted by Gasteiger charge is -2.13. The Hall–Kier alpha value is -5.28. The Kier molecular flexibility index (Phi) is 9.80. The first kappa shape index (κ1) is 30.7. The number of rotatable bonds is 13. The highest BCUT2D eigenvalue weighted by molar-refractivity contribution is 7.89. The highest BCUT2D eigenvalue weighted by Crippen LogP contribution is 2.30. The fourth-order valence-electron chi connectivity index (χ4n) is 5.01. The minimum absolute atomic E-state index is 0.240. The molecule has 46 heavy (non-hydrogen) atoms. The summed E-state index contributed by atoms with van der Waals surface area (Å²) in [5, 5.41) is 4.76. The van der Waals surface area contributed by atoms with Crippen LogP contribution in [0.3, 0.4) is 0 Å². The van der Waals surface area contributed by atoms with E-state index in [4.69, 9.17) is 9.47 Å². The highest BCUT2D eigenvalue weighted by Gasteiger charge is 2.16. The molecule has 0 bridgehead atoms. The molecule has 5 aromatic carbocycles. The molecule has 0 aliphatic heterocycles. The molecule has 0 spiro atoms. The number of hydrogen-bond donors (Lipinski definition) is 2. The van der Waals surface area contributed by atoms with Crippen molar-refractivity contribution in [3.63, 3.8) is 0 Å². The van der Waals surface area contributed by atoms with E-state index in [0.717, 1.165) is 45.1 Å². The summed E-state index contributed by atoms with van der Waals surface area (Å²) in [4.78, 5) is 4.33. The zero-order valence-corrected chi connectivity index (χ0v) is 25.9. The van der Waals surface area contributed by atoms with Crippen LogP contribution in [0.4, 0.5) is 0 Å².